The van der Waals surface area contributed by atoms with E-state index in [1.165, 1.54) is 16.3 Å². The van der Waals surface area contributed by atoms with Gasteiger partial charge in [-0.1, -0.05) is 65.8 Å². The minimum atomic E-state index is -0.901. The number of para-hydroxylation sites is 1. The summed E-state index contributed by atoms with van der Waals surface area (Å²) in [5.41, 5.74) is 10.0. The Kier molecular flexibility index (Phi) is 7.84. The fourth-order valence-corrected chi connectivity index (χ4v) is 7.11. The van der Waals surface area contributed by atoms with Crippen LogP contribution in [0.3, 0.4) is 0 Å². The fraction of sp³-hybridized carbons (Fsp3) is 0.242. The van der Waals surface area contributed by atoms with Crippen molar-refractivity contribution < 1.29 is 18.8 Å². The number of amides is 4. The number of hydrogen-bond donors (Lipinski definition) is 3. The van der Waals surface area contributed by atoms with Crippen molar-refractivity contribution >= 4 is 55.6 Å². The van der Waals surface area contributed by atoms with Gasteiger partial charge in [-0.05, 0) is 34.9 Å². The molecule has 0 bridgehead atoms. The molecule has 2 saturated heterocycles. The average Bonchev–Trinajstić information content (AvgIpc) is 3.74. The Bertz CT molecular complexity index is 2100. The van der Waals surface area contributed by atoms with Crippen LogP contribution in [-0.4, -0.2) is 79.5 Å². The van der Waals surface area contributed by atoms with Gasteiger partial charge in [0.05, 0.1) is 35.4 Å². The molecule has 0 saturated carbocycles. The zero-order valence-electron chi connectivity index (χ0n) is 25.1. The van der Waals surface area contributed by atoms with Gasteiger partial charge >= 0.3 is 11.8 Å². The number of nitrogens with two attached hydrogens (primary N) is 1. The Hall–Kier alpha value is -5.65. The quantitative estimate of drug-likeness (QED) is 0.216. The molecule has 0 aliphatic carbocycles. The van der Waals surface area contributed by atoms with Crippen LogP contribution in [0.15, 0.2) is 75.9 Å². The average molecular weight is 651 g/mol. The molecule has 0 radical (unpaired) electrons. The predicted octanol–water partition coefficient (Wildman–Crippen LogP) is 2.50. The molecule has 2 aliphatic heterocycles. The number of fused-ring (bicyclic) bond motifs is 3. The van der Waals surface area contributed by atoms with Crippen LogP contribution in [0.1, 0.15) is 16.7 Å². The van der Waals surface area contributed by atoms with Crippen LogP contribution in [0.2, 0.25) is 0 Å². The second-order valence-corrected chi connectivity index (χ2v) is 12.4. The molecule has 2 aliphatic rings. The smallest absolute Gasteiger partial charge is 0.408 e. The Labute approximate surface area is 272 Å². The number of urea groups is 1. The lowest BCUT2D eigenvalue weighted by atomic mass is 9.99. The zero-order chi connectivity index (χ0) is 32.7. The highest BCUT2D eigenvalue weighted by atomic mass is 32.1. The first kappa shape index (κ1) is 30.0. The number of nitrogen functional groups attached to an aromatic ring is 1. The molecule has 4 N–H and O–H groups in total. The lowest BCUT2D eigenvalue weighted by Gasteiger charge is -2.46. The highest BCUT2D eigenvalue weighted by Crippen LogP contribution is 2.32. The van der Waals surface area contributed by atoms with Gasteiger partial charge < -0.3 is 25.3 Å². The lowest BCUT2D eigenvalue weighted by Crippen LogP contribution is -2.66. The number of anilines is 1. The van der Waals surface area contributed by atoms with Crippen molar-refractivity contribution in [3.63, 3.8) is 0 Å². The van der Waals surface area contributed by atoms with Gasteiger partial charge in [0.2, 0.25) is 11.8 Å². The van der Waals surface area contributed by atoms with Crippen molar-refractivity contribution in [3.8, 4) is 12.3 Å². The molecule has 238 valence electrons. The van der Waals surface area contributed by atoms with E-state index in [4.69, 9.17) is 16.6 Å². The van der Waals surface area contributed by atoms with Gasteiger partial charge in [0.1, 0.15) is 12.2 Å². The lowest BCUT2D eigenvalue weighted by molar-refractivity contribution is -0.157. The highest BCUT2D eigenvalue weighted by Gasteiger charge is 2.52. The van der Waals surface area contributed by atoms with Crippen LogP contribution in [0.4, 0.5) is 9.93 Å². The van der Waals surface area contributed by atoms with Crippen LogP contribution in [0.5, 0.6) is 0 Å². The van der Waals surface area contributed by atoms with E-state index >= 15 is 0 Å². The number of benzene rings is 3. The Morgan fingerprint density at radius 2 is 1.96 bits per heavy atom. The maximum Gasteiger partial charge on any atom is 0.417 e. The largest absolute Gasteiger partial charge is 0.417 e. The molecule has 0 unspecified atom stereocenters. The van der Waals surface area contributed by atoms with E-state index in [2.05, 4.69) is 21.2 Å². The third-order valence-corrected chi connectivity index (χ3v) is 9.28. The molecular weight excluding hydrogens is 620 g/mol. The molecule has 47 heavy (non-hydrogen) atoms. The molecular formula is C33H30N8O5S. The number of aromatic amines is 1. The van der Waals surface area contributed by atoms with Crippen molar-refractivity contribution in [2.75, 3.05) is 25.4 Å². The molecule has 4 heterocycles. The summed E-state index contributed by atoms with van der Waals surface area (Å²) in [5.74, 6) is 1.40. The van der Waals surface area contributed by atoms with Crippen molar-refractivity contribution in [1.29, 1.82) is 0 Å². The molecule has 3 aromatic carbocycles. The van der Waals surface area contributed by atoms with Crippen molar-refractivity contribution in [2.24, 2.45) is 0 Å². The van der Waals surface area contributed by atoms with E-state index in [0.29, 0.717) is 21.7 Å². The van der Waals surface area contributed by atoms with Gasteiger partial charge in [-0.2, -0.15) is 5.01 Å². The molecule has 14 heteroatoms. The number of H-pyrrole nitrogens is 1. The molecule has 7 rings (SSSR count). The van der Waals surface area contributed by atoms with E-state index in [-0.39, 0.29) is 51.0 Å². The summed E-state index contributed by atoms with van der Waals surface area (Å²) >= 11 is 1.37. The number of aromatic nitrogens is 2. The number of carbonyl (C=O) groups is 3. The predicted molar refractivity (Wildman–Crippen MR) is 175 cm³/mol. The zero-order valence-corrected chi connectivity index (χ0v) is 25.9. The number of thiazole rings is 1. The normalized spacial score (nSPS) is 18.1. The summed E-state index contributed by atoms with van der Waals surface area (Å²) < 4.78 is 6.04. The van der Waals surface area contributed by atoms with Gasteiger partial charge in [0.15, 0.2) is 10.7 Å². The Balaban J connectivity index is 1.22. The molecule has 2 aromatic heterocycles. The van der Waals surface area contributed by atoms with E-state index in [0.717, 1.165) is 21.4 Å². The SMILES string of the molecule is C#CCN(C(=O)NCc1ccccc1)N1CC(=O)N2[C@@H](Cc3ccc4oc(=O)[nH]c4c3)C(=O)N(Cc3cccc4sc(N)nc34)C[C@@H]21. The van der Waals surface area contributed by atoms with E-state index in [1.54, 1.807) is 33.0 Å². The number of oxazole rings is 1. The number of rotatable bonds is 8. The van der Waals surface area contributed by atoms with E-state index < -0.39 is 24.0 Å². The minimum absolute atomic E-state index is 0.0845. The minimum Gasteiger partial charge on any atom is -0.408 e. The highest BCUT2D eigenvalue weighted by molar-refractivity contribution is 7.22. The van der Waals surface area contributed by atoms with Crippen molar-refractivity contribution in [1.82, 2.24) is 35.1 Å². The van der Waals surface area contributed by atoms with Gasteiger partial charge in [-0.3, -0.25) is 14.6 Å². The molecule has 4 amide bonds. The van der Waals surface area contributed by atoms with Crippen molar-refractivity contribution in [2.45, 2.75) is 31.7 Å². The number of hydrazine groups is 1. The number of nitrogens with zero attached hydrogens (tertiary/aromatic N) is 5. The number of nitrogens with one attached hydrogen (secondary N) is 2. The van der Waals surface area contributed by atoms with Crippen LogP contribution < -0.4 is 16.8 Å². The standard InChI is InChI=1S/C33H30N8O5S/c1-2-13-39(32(44)35-16-20-7-4-3-5-8-20)40-19-28(42)41-24(15-21-11-12-25-23(14-21)36-33(45)46-25)30(43)38(18-27(40)41)17-22-9-6-10-26-29(22)37-31(34)47-26/h1,3-12,14,24,27H,13,15-19H2,(H2,34,37)(H,35,44)(H,36,45)/t24-,27+/m0/s1. The third-order valence-electron chi connectivity index (χ3n) is 8.43. The topological polar surface area (TPSA) is 161 Å². The van der Waals surface area contributed by atoms with Crippen LogP contribution in [-0.2, 0) is 29.1 Å². The first-order valence-electron chi connectivity index (χ1n) is 14.9. The van der Waals surface area contributed by atoms with Crippen LogP contribution >= 0.6 is 11.3 Å². The molecule has 2 fully saturated rings. The molecule has 13 nitrogen and oxygen atoms in total. The molecule has 0 spiro atoms. The summed E-state index contributed by atoms with van der Waals surface area (Å²) in [6, 6.07) is 19.0. The van der Waals surface area contributed by atoms with Gasteiger partial charge in [0.25, 0.3) is 0 Å². The number of hydrogen-bond acceptors (Lipinski definition) is 9. The second-order valence-electron chi connectivity index (χ2n) is 11.4. The second kappa shape index (κ2) is 12.3. The maximum atomic E-state index is 14.3. The summed E-state index contributed by atoms with van der Waals surface area (Å²) in [6.45, 7) is 0.376. The van der Waals surface area contributed by atoms with E-state index in [1.807, 2.05) is 48.5 Å². The van der Waals surface area contributed by atoms with Crippen LogP contribution in [0.25, 0.3) is 21.3 Å². The Morgan fingerprint density at radius 1 is 1.13 bits per heavy atom. The summed E-state index contributed by atoms with van der Waals surface area (Å²) in [5, 5.41) is 6.34. The summed E-state index contributed by atoms with van der Waals surface area (Å²) in [7, 11) is 0. The number of terminal acetylenes is 1. The summed E-state index contributed by atoms with van der Waals surface area (Å²) in [4.78, 5) is 63.8. The van der Waals surface area contributed by atoms with Crippen LogP contribution in [0, 0.1) is 12.3 Å². The molecule has 5 aromatic rings. The van der Waals surface area contributed by atoms with Gasteiger partial charge in [0, 0.05) is 19.5 Å². The monoisotopic (exact) mass is 650 g/mol. The maximum absolute atomic E-state index is 14.3. The van der Waals surface area contributed by atoms with Gasteiger partial charge in [-0.15, -0.1) is 6.42 Å². The molecule has 2 atom stereocenters. The Morgan fingerprint density at radius 3 is 2.77 bits per heavy atom. The third kappa shape index (κ3) is 5.78. The van der Waals surface area contributed by atoms with Gasteiger partial charge in [-0.25, -0.2) is 19.6 Å². The fourth-order valence-electron chi connectivity index (χ4n) is 6.33. The summed E-state index contributed by atoms with van der Waals surface area (Å²) in [6.07, 6.45) is 5.20. The number of piperazine rings is 1. The van der Waals surface area contributed by atoms with E-state index in [9.17, 15) is 19.2 Å². The first-order valence-corrected chi connectivity index (χ1v) is 15.8. The van der Waals surface area contributed by atoms with Crippen molar-refractivity contribution in [3.05, 3.63) is 94.0 Å². The number of carbonyl (C=O) groups excluding carboxylic acids is 3. The first-order chi connectivity index (χ1) is 22.8.